The van der Waals surface area contributed by atoms with Gasteiger partial charge in [-0.3, -0.25) is 0 Å². The molecule has 98 valence electrons. The summed E-state index contributed by atoms with van der Waals surface area (Å²) in [6.07, 6.45) is 8.90. The third-order valence-electron chi connectivity index (χ3n) is 4.64. The summed E-state index contributed by atoms with van der Waals surface area (Å²) >= 11 is 2.41. The molecule has 0 saturated heterocycles. The van der Waals surface area contributed by atoms with E-state index in [4.69, 9.17) is 4.65 Å². The molecular weight excluding hydrogens is 347 g/mol. The molecule has 0 spiro atoms. The molecule has 19 heavy (non-hydrogen) atoms. The first kappa shape index (κ1) is 13.9. The monoisotopic (exact) mass is 366 g/mol. The Kier molecular flexibility index (Phi) is 4.85. The number of nitrogens with zero attached hydrogens (tertiary/aromatic N) is 2. The van der Waals surface area contributed by atoms with Gasteiger partial charge in [-0.15, -0.1) is 0 Å². The molecule has 2 aliphatic rings. The standard InChI is InChI=1S/C12H18B3IN2O/c16-14-13-15-19-7-12-10-3-1-8-5-17-18-6-9(8)2-4-11(10)12/h5-6,10-15H,1-4,7H2. The van der Waals surface area contributed by atoms with Crippen molar-refractivity contribution >= 4 is 41.8 Å². The molecule has 2 aliphatic carbocycles. The van der Waals surface area contributed by atoms with Crippen molar-refractivity contribution in [3.63, 3.8) is 0 Å². The lowest BCUT2D eigenvalue weighted by Gasteiger charge is -2.10. The molecular formula is C12H18B3IN2O. The van der Waals surface area contributed by atoms with Crippen molar-refractivity contribution in [1.29, 1.82) is 0 Å². The molecule has 0 aliphatic heterocycles. The van der Waals surface area contributed by atoms with Crippen LogP contribution in [-0.4, -0.2) is 36.3 Å². The predicted molar refractivity (Wildman–Crippen MR) is 90.6 cm³/mol. The van der Waals surface area contributed by atoms with Crippen LogP contribution in [-0.2, 0) is 17.5 Å². The van der Waals surface area contributed by atoms with Gasteiger partial charge in [-0.05, 0) is 54.6 Å². The minimum absolute atomic E-state index is 0.824. The Labute approximate surface area is 130 Å². The zero-order chi connectivity index (χ0) is 13.1. The molecule has 7 heteroatoms. The van der Waals surface area contributed by atoms with Gasteiger partial charge in [0.2, 0.25) is 7.37 Å². The summed E-state index contributed by atoms with van der Waals surface area (Å²) in [6.45, 7) is 0.985. The smallest absolute Gasteiger partial charge is 0.227 e. The van der Waals surface area contributed by atoms with E-state index in [1.165, 1.54) is 48.9 Å². The number of hydrogen-bond acceptors (Lipinski definition) is 3. The van der Waals surface area contributed by atoms with Gasteiger partial charge in [-0.2, -0.15) is 32.6 Å². The van der Waals surface area contributed by atoms with Crippen molar-refractivity contribution in [2.45, 2.75) is 25.7 Å². The van der Waals surface area contributed by atoms with E-state index < -0.39 is 0 Å². The number of halogens is 1. The number of aryl methyl sites for hydroxylation is 2. The molecule has 0 aromatic carbocycles. The Balaban J connectivity index is 1.52. The fourth-order valence-corrected chi connectivity index (χ4v) is 3.78. The normalized spacial score (nSPS) is 28.4. The molecule has 2 unspecified atom stereocenters. The topological polar surface area (TPSA) is 35.0 Å². The largest absolute Gasteiger partial charge is 0.449 e. The molecule has 2 atom stereocenters. The van der Waals surface area contributed by atoms with E-state index in [2.05, 4.69) is 32.6 Å². The Morgan fingerprint density at radius 2 is 1.79 bits per heavy atom. The van der Waals surface area contributed by atoms with Gasteiger partial charge in [-0.25, -0.2) is 0 Å². The van der Waals surface area contributed by atoms with Crippen LogP contribution in [0.2, 0.25) is 0 Å². The lowest BCUT2D eigenvalue weighted by molar-refractivity contribution is 0.307. The van der Waals surface area contributed by atoms with Crippen LogP contribution in [0.25, 0.3) is 0 Å². The Bertz CT molecular complexity index is 404. The van der Waals surface area contributed by atoms with Crippen molar-refractivity contribution in [3.8, 4) is 0 Å². The highest BCUT2D eigenvalue weighted by Gasteiger charge is 2.48. The predicted octanol–water partition coefficient (Wildman–Crippen LogP) is 0.639. The molecule has 1 fully saturated rings. The van der Waals surface area contributed by atoms with Crippen molar-refractivity contribution in [2.75, 3.05) is 6.61 Å². The lowest BCUT2D eigenvalue weighted by Crippen LogP contribution is -2.14. The van der Waals surface area contributed by atoms with Crippen molar-refractivity contribution in [1.82, 2.24) is 10.2 Å². The molecule has 1 aromatic heterocycles. The van der Waals surface area contributed by atoms with Crippen LogP contribution in [0.4, 0.5) is 0 Å². The fraction of sp³-hybridized carbons (Fsp3) is 0.667. The van der Waals surface area contributed by atoms with Crippen LogP contribution in [0, 0.1) is 17.8 Å². The zero-order valence-electron chi connectivity index (χ0n) is 11.2. The van der Waals surface area contributed by atoms with Crippen LogP contribution >= 0.6 is 22.4 Å². The average molecular weight is 366 g/mol. The van der Waals surface area contributed by atoms with Crippen LogP contribution < -0.4 is 0 Å². The van der Waals surface area contributed by atoms with Gasteiger partial charge in [0.1, 0.15) is 7.06 Å². The Hall–Kier alpha value is -0.0352. The minimum atomic E-state index is 0.824. The molecule has 0 N–H and O–H groups in total. The molecule has 1 heterocycles. The molecule has 3 nitrogen and oxygen atoms in total. The van der Waals surface area contributed by atoms with E-state index in [0.29, 0.717) is 0 Å². The van der Waals surface area contributed by atoms with Gasteiger partial charge >= 0.3 is 0 Å². The second kappa shape index (κ2) is 6.61. The lowest BCUT2D eigenvalue weighted by atomic mass is 9.35. The highest BCUT2D eigenvalue weighted by atomic mass is 127. The third kappa shape index (κ3) is 3.35. The van der Waals surface area contributed by atoms with Gasteiger partial charge in [0.25, 0.3) is 0 Å². The summed E-state index contributed by atoms with van der Waals surface area (Å²) in [4.78, 5) is 0. The van der Waals surface area contributed by atoms with E-state index >= 15 is 0 Å². The summed E-state index contributed by atoms with van der Waals surface area (Å²) in [6, 6.07) is 0. The summed E-state index contributed by atoms with van der Waals surface area (Å²) in [5.74, 6) is 2.63. The maximum absolute atomic E-state index is 5.82. The summed E-state index contributed by atoms with van der Waals surface area (Å²) in [7, 11) is 2.12. The van der Waals surface area contributed by atoms with Gasteiger partial charge in [0, 0.05) is 6.61 Å². The zero-order valence-corrected chi connectivity index (χ0v) is 13.4. The van der Waals surface area contributed by atoms with Gasteiger partial charge in [0.15, 0.2) is 5.03 Å². The number of rotatable bonds is 5. The average Bonchev–Trinajstić information content (AvgIpc) is 3.08. The van der Waals surface area contributed by atoms with Gasteiger partial charge in [0.05, 0.1) is 12.4 Å². The fourth-order valence-electron chi connectivity index (χ4n) is 3.47. The van der Waals surface area contributed by atoms with Gasteiger partial charge < -0.3 is 4.65 Å². The van der Waals surface area contributed by atoms with Gasteiger partial charge in [-0.1, -0.05) is 0 Å². The first-order chi connectivity index (χ1) is 9.40. The van der Waals surface area contributed by atoms with Crippen molar-refractivity contribution in [3.05, 3.63) is 23.5 Å². The van der Waals surface area contributed by atoms with Crippen molar-refractivity contribution in [2.24, 2.45) is 17.8 Å². The maximum atomic E-state index is 5.82. The molecule has 1 saturated carbocycles. The number of hydrogen-bond donors (Lipinski definition) is 0. The molecule has 0 amide bonds. The SMILES string of the molecule is IBBBOCC1C2CCc3cnncc3CCC21. The molecule has 3 rings (SSSR count). The summed E-state index contributed by atoms with van der Waals surface area (Å²) in [5.41, 5.74) is 2.84. The quantitative estimate of drug-likeness (QED) is 0.436. The van der Waals surface area contributed by atoms with Crippen molar-refractivity contribution < 1.29 is 4.65 Å². The van der Waals surface area contributed by atoms with Crippen LogP contribution in [0.15, 0.2) is 12.4 Å². The number of aromatic nitrogens is 2. The molecule has 1 aromatic rings. The molecule has 0 radical (unpaired) electrons. The van der Waals surface area contributed by atoms with Crippen LogP contribution in [0.5, 0.6) is 0 Å². The highest BCUT2D eigenvalue weighted by molar-refractivity contribution is 14.1. The Morgan fingerprint density at radius 1 is 1.16 bits per heavy atom. The minimum Gasteiger partial charge on any atom is -0.449 e. The highest BCUT2D eigenvalue weighted by Crippen LogP contribution is 2.52. The van der Waals surface area contributed by atoms with E-state index in [0.717, 1.165) is 31.7 Å². The van der Waals surface area contributed by atoms with Crippen LogP contribution in [0.1, 0.15) is 24.0 Å². The van der Waals surface area contributed by atoms with E-state index in [-0.39, 0.29) is 0 Å². The Morgan fingerprint density at radius 3 is 2.37 bits per heavy atom. The van der Waals surface area contributed by atoms with E-state index in [9.17, 15) is 0 Å². The van der Waals surface area contributed by atoms with Crippen LogP contribution in [0.3, 0.4) is 0 Å². The first-order valence-corrected chi connectivity index (χ1v) is 8.85. The second-order valence-corrected chi connectivity index (χ2v) is 6.80. The molecule has 0 bridgehead atoms. The van der Waals surface area contributed by atoms with E-state index in [1.54, 1.807) is 0 Å². The maximum Gasteiger partial charge on any atom is 0.227 e. The van der Waals surface area contributed by atoms with E-state index in [1.807, 2.05) is 12.4 Å². The summed E-state index contributed by atoms with van der Waals surface area (Å²) < 4.78 is 5.82. The third-order valence-corrected chi connectivity index (χ3v) is 5.40. The summed E-state index contributed by atoms with van der Waals surface area (Å²) in [5, 5.41) is 9.24. The second-order valence-electron chi connectivity index (χ2n) is 5.73. The number of fused-ring (bicyclic) bond motifs is 2. The first-order valence-electron chi connectivity index (χ1n) is 7.32.